The van der Waals surface area contributed by atoms with Crippen LogP contribution < -0.4 is 9.47 Å². The van der Waals surface area contributed by atoms with E-state index in [0.717, 1.165) is 19.3 Å². The monoisotopic (exact) mass is 220 g/mol. The molecule has 1 fully saturated rings. The highest BCUT2D eigenvalue weighted by Crippen LogP contribution is 2.36. The largest absolute Gasteiger partial charge is 0.493 e. The van der Waals surface area contributed by atoms with E-state index in [2.05, 4.69) is 0 Å². The Morgan fingerprint density at radius 3 is 2.50 bits per heavy atom. The first-order valence-corrected chi connectivity index (χ1v) is 5.53. The first kappa shape index (κ1) is 11.0. The number of ketones is 1. The Labute approximate surface area is 95.4 Å². The molecule has 0 bridgehead atoms. The average Bonchev–Trinajstić information content (AvgIpc) is 2.25. The number of carbonyl (C=O) groups is 1. The summed E-state index contributed by atoms with van der Waals surface area (Å²) in [6.45, 7) is 0. The van der Waals surface area contributed by atoms with Crippen LogP contribution in [0.3, 0.4) is 0 Å². The van der Waals surface area contributed by atoms with Crippen LogP contribution in [0.1, 0.15) is 29.6 Å². The molecule has 0 heterocycles. The van der Waals surface area contributed by atoms with E-state index in [4.69, 9.17) is 9.47 Å². The van der Waals surface area contributed by atoms with Crippen LogP contribution in [0.2, 0.25) is 0 Å². The normalized spacial score (nSPS) is 15.4. The summed E-state index contributed by atoms with van der Waals surface area (Å²) in [6, 6.07) is 5.44. The van der Waals surface area contributed by atoms with Crippen LogP contribution >= 0.6 is 0 Å². The number of ether oxygens (including phenoxy) is 2. The minimum Gasteiger partial charge on any atom is -0.493 e. The van der Waals surface area contributed by atoms with Crippen LogP contribution in [0.4, 0.5) is 0 Å². The molecule has 1 aliphatic carbocycles. The molecule has 3 heteroatoms. The third-order valence-electron chi connectivity index (χ3n) is 3.14. The molecule has 1 aromatic rings. The van der Waals surface area contributed by atoms with Crippen molar-refractivity contribution in [1.29, 1.82) is 0 Å². The lowest BCUT2D eigenvalue weighted by Crippen LogP contribution is -2.22. The second-order valence-corrected chi connectivity index (χ2v) is 4.03. The predicted octanol–water partition coefficient (Wildman–Crippen LogP) is 2.69. The summed E-state index contributed by atoms with van der Waals surface area (Å²) in [5, 5.41) is 0. The van der Waals surface area contributed by atoms with Gasteiger partial charge in [-0.25, -0.2) is 0 Å². The van der Waals surface area contributed by atoms with Crippen molar-refractivity contribution >= 4 is 5.78 Å². The maximum atomic E-state index is 12.1. The van der Waals surface area contributed by atoms with E-state index < -0.39 is 0 Å². The van der Waals surface area contributed by atoms with Crippen molar-refractivity contribution in [2.45, 2.75) is 19.3 Å². The standard InChI is InChI=1S/C13H16O3/c1-15-11-8-4-7-10(13(11)16-2)12(14)9-5-3-6-9/h4,7-9H,3,5-6H2,1-2H3. The summed E-state index contributed by atoms with van der Waals surface area (Å²) in [7, 11) is 3.14. The van der Waals surface area contributed by atoms with Crippen LogP contribution in [0.25, 0.3) is 0 Å². The molecule has 0 N–H and O–H groups in total. The maximum absolute atomic E-state index is 12.1. The molecular formula is C13H16O3. The average molecular weight is 220 g/mol. The zero-order chi connectivity index (χ0) is 11.5. The zero-order valence-corrected chi connectivity index (χ0v) is 9.66. The van der Waals surface area contributed by atoms with Gasteiger partial charge >= 0.3 is 0 Å². The molecule has 1 aromatic carbocycles. The van der Waals surface area contributed by atoms with Gasteiger partial charge in [0.2, 0.25) is 0 Å². The molecule has 2 rings (SSSR count). The van der Waals surface area contributed by atoms with E-state index in [9.17, 15) is 4.79 Å². The quantitative estimate of drug-likeness (QED) is 0.732. The number of methoxy groups -OCH3 is 2. The lowest BCUT2D eigenvalue weighted by molar-refractivity contribution is 0.0851. The van der Waals surface area contributed by atoms with Crippen molar-refractivity contribution in [3.05, 3.63) is 23.8 Å². The summed E-state index contributed by atoms with van der Waals surface area (Å²) in [5.41, 5.74) is 0.645. The van der Waals surface area contributed by atoms with E-state index in [-0.39, 0.29) is 11.7 Å². The van der Waals surface area contributed by atoms with Gasteiger partial charge in [-0.05, 0) is 25.0 Å². The van der Waals surface area contributed by atoms with Gasteiger partial charge < -0.3 is 9.47 Å². The summed E-state index contributed by atoms with van der Waals surface area (Å²) in [6.07, 6.45) is 3.15. The SMILES string of the molecule is COc1cccc(C(=O)C2CCC2)c1OC. The Hall–Kier alpha value is -1.51. The number of rotatable bonds is 4. The first-order valence-electron chi connectivity index (χ1n) is 5.53. The molecule has 0 aromatic heterocycles. The molecule has 16 heavy (non-hydrogen) atoms. The molecule has 0 atom stereocenters. The zero-order valence-electron chi connectivity index (χ0n) is 9.66. The van der Waals surface area contributed by atoms with Gasteiger partial charge in [-0.3, -0.25) is 4.79 Å². The van der Waals surface area contributed by atoms with E-state index >= 15 is 0 Å². The summed E-state index contributed by atoms with van der Waals surface area (Å²) < 4.78 is 10.4. The van der Waals surface area contributed by atoms with Crippen LogP contribution in [-0.4, -0.2) is 20.0 Å². The number of para-hydroxylation sites is 1. The molecule has 0 aliphatic heterocycles. The minimum absolute atomic E-state index is 0.181. The Morgan fingerprint density at radius 2 is 2.00 bits per heavy atom. The summed E-state index contributed by atoms with van der Waals surface area (Å²) in [5.74, 6) is 1.54. The van der Waals surface area contributed by atoms with E-state index in [0.29, 0.717) is 17.1 Å². The molecule has 0 amide bonds. The second kappa shape index (κ2) is 4.56. The molecule has 0 unspecified atom stereocenters. The molecule has 1 saturated carbocycles. The second-order valence-electron chi connectivity index (χ2n) is 4.03. The highest BCUT2D eigenvalue weighted by molar-refractivity contribution is 6.01. The molecular weight excluding hydrogens is 204 g/mol. The molecule has 0 radical (unpaired) electrons. The van der Waals surface area contributed by atoms with Gasteiger partial charge in [0.15, 0.2) is 17.3 Å². The summed E-state index contributed by atoms with van der Waals surface area (Å²) in [4.78, 5) is 12.1. The van der Waals surface area contributed by atoms with E-state index in [1.54, 1.807) is 20.3 Å². The maximum Gasteiger partial charge on any atom is 0.171 e. The molecule has 3 nitrogen and oxygen atoms in total. The van der Waals surface area contributed by atoms with Gasteiger partial charge in [-0.15, -0.1) is 0 Å². The number of benzene rings is 1. The molecule has 0 saturated heterocycles. The van der Waals surface area contributed by atoms with Gasteiger partial charge in [0, 0.05) is 5.92 Å². The Balaban J connectivity index is 2.34. The van der Waals surface area contributed by atoms with Gasteiger partial charge in [-0.2, -0.15) is 0 Å². The van der Waals surface area contributed by atoms with Crippen LogP contribution in [0.15, 0.2) is 18.2 Å². The fourth-order valence-electron chi connectivity index (χ4n) is 1.97. The Morgan fingerprint density at radius 1 is 1.25 bits per heavy atom. The lowest BCUT2D eigenvalue weighted by atomic mass is 9.80. The van der Waals surface area contributed by atoms with E-state index in [1.165, 1.54) is 0 Å². The number of hydrogen-bond donors (Lipinski definition) is 0. The van der Waals surface area contributed by atoms with Crippen LogP contribution in [0, 0.1) is 5.92 Å². The highest BCUT2D eigenvalue weighted by atomic mass is 16.5. The molecule has 86 valence electrons. The molecule has 1 aliphatic rings. The third kappa shape index (κ3) is 1.77. The topological polar surface area (TPSA) is 35.5 Å². The fraction of sp³-hybridized carbons (Fsp3) is 0.462. The van der Waals surface area contributed by atoms with Crippen LogP contribution in [0.5, 0.6) is 11.5 Å². The fourth-order valence-corrected chi connectivity index (χ4v) is 1.97. The van der Waals surface area contributed by atoms with Crippen molar-refractivity contribution in [2.75, 3.05) is 14.2 Å². The lowest BCUT2D eigenvalue weighted by Gasteiger charge is -2.24. The molecule has 0 spiro atoms. The number of Topliss-reactive ketones (excluding diaryl/α,β-unsaturated/α-hetero) is 1. The summed E-state index contributed by atoms with van der Waals surface area (Å²) >= 11 is 0. The van der Waals surface area contributed by atoms with Gasteiger partial charge in [0.25, 0.3) is 0 Å². The van der Waals surface area contributed by atoms with E-state index in [1.807, 2.05) is 12.1 Å². The van der Waals surface area contributed by atoms with Gasteiger partial charge in [0.05, 0.1) is 19.8 Å². The highest BCUT2D eigenvalue weighted by Gasteiger charge is 2.29. The van der Waals surface area contributed by atoms with Crippen molar-refractivity contribution in [2.24, 2.45) is 5.92 Å². The Kier molecular flexibility index (Phi) is 3.13. The van der Waals surface area contributed by atoms with Crippen molar-refractivity contribution in [3.63, 3.8) is 0 Å². The van der Waals surface area contributed by atoms with Crippen molar-refractivity contribution in [3.8, 4) is 11.5 Å². The predicted molar refractivity (Wildman–Crippen MR) is 61.2 cm³/mol. The van der Waals surface area contributed by atoms with Crippen LogP contribution in [-0.2, 0) is 0 Å². The third-order valence-corrected chi connectivity index (χ3v) is 3.14. The smallest absolute Gasteiger partial charge is 0.171 e. The minimum atomic E-state index is 0.181. The van der Waals surface area contributed by atoms with Gasteiger partial charge in [0.1, 0.15) is 0 Å². The number of carbonyl (C=O) groups excluding carboxylic acids is 1. The first-order chi connectivity index (χ1) is 7.77. The Bertz CT molecular complexity index is 394. The number of hydrogen-bond acceptors (Lipinski definition) is 3. The van der Waals surface area contributed by atoms with Crippen molar-refractivity contribution < 1.29 is 14.3 Å². The van der Waals surface area contributed by atoms with Crippen molar-refractivity contribution in [1.82, 2.24) is 0 Å². The van der Waals surface area contributed by atoms with Gasteiger partial charge in [-0.1, -0.05) is 12.5 Å².